The predicted molar refractivity (Wildman–Crippen MR) is 132 cm³/mol. The number of hydrogen-bond acceptors (Lipinski definition) is 7. The molecule has 0 N–H and O–H groups in total. The number of nitrogens with zero attached hydrogens (tertiary/aromatic N) is 1. The molecule has 3 aromatic rings. The smallest absolute Gasteiger partial charge is 0.339 e. The van der Waals surface area contributed by atoms with Gasteiger partial charge < -0.3 is 8.92 Å². The molecule has 0 aliphatic carbocycles. The molecule has 3 aromatic carbocycles. The van der Waals surface area contributed by atoms with Crippen molar-refractivity contribution in [3.63, 3.8) is 0 Å². The van der Waals surface area contributed by atoms with Crippen LogP contribution >= 0.6 is 24.0 Å². The molecule has 9 heteroatoms. The number of ether oxygens (including phenoxy) is 1. The Morgan fingerprint density at radius 3 is 2.30 bits per heavy atom. The van der Waals surface area contributed by atoms with E-state index in [4.69, 9.17) is 21.1 Å². The van der Waals surface area contributed by atoms with Crippen molar-refractivity contribution in [2.24, 2.45) is 0 Å². The van der Waals surface area contributed by atoms with E-state index in [1.165, 1.54) is 37.1 Å². The standard InChI is InChI=1S/C24H19NO5S3/c1-29-21-14-18(12-13-20(21)30-33(27,28)19-10-6-3-7-11-19)15-22-23(26)25(24(31)32-22)16-17-8-4-2-5-9-17/h2-15H,16H2,1H3/b22-15-. The van der Waals surface area contributed by atoms with Crippen molar-refractivity contribution in [1.82, 2.24) is 4.90 Å². The Hall–Kier alpha value is -3.14. The van der Waals surface area contributed by atoms with E-state index in [1.54, 1.807) is 41.3 Å². The number of methoxy groups -OCH3 is 1. The summed E-state index contributed by atoms with van der Waals surface area (Å²) < 4.78 is 36.2. The van der Waals surface area contributed by atoms with Gasteiger partial charge in [0.1, 0.15) is 9.22 Å². The zero-order valence-corrected chi connectivity index (χ0v) is 20.0. The molecular formula is C24H19NO5S3. The van der Waals surface area contributed by atoms with Crippen LogP contribution in [0, 0.1) is 0 Å². The highest BCUT2D eigenvalue weighted by Gasteiger charge is 2.32. The van der Waals surface area contributed by atoms with E-state index in [2.05, 4.69) is 0 Å². The molecule has 33 heavy (non-hydrogen) atoms. The van der Waals surface area contributed by atoms with Crippen LogP contribution in [0.4, 0.5) is 0 Å². The van der Waals surface area contributed by atoms with Gasteiger partial charge in [-0.2, -0.15) is 8.42 Å². The average Bonchev–Trinajstić information content (AvgIpc) is 3.08. The Morgan fingerprint density at radius 2 is 1.64 bits per heavy atom. The van der Waals surface area contributed by atoms with Crippen molar-refractivity contribution in [2.45, 2.75) is 11.4 Å². The maximum atomic E-state index is 12.9. The fraction of sp³-hybridized carbons (Fsp3) is 0.0833. The van der Waals surface area contributed by atoms with Gasteiger partial charge in [0.2, 0.25) is 0 Å². The summed E-state index contributed by atoms with van der Waals surface area (Å²) in [5, 5.41) is 0. The Bertz CT molecular complexity index is 1320. The second-order valence-electron chi connectivity index (χ2n) is 7.01. The Morgan fingerprint density at radius 1 is 0.970 bits per heavy atom. The summed E-state index contributed by atoms with van der Waals surface area (Å²) in [5.74, 6) is 0.0953. The van der Waals surface area contributed by atoms with Crippen LogP contribution in [0.1, 0.15) is 11.1 Å². The Labute approximate surface area is 202 Å². The van der Waals surface area contributed by atoms with Crippen LogP contribution in [-0.2, 0) is 21.5 Å². The van der Waals surface area contributed by atoms with Gasteiger partial charge in [0.15, 0.2) is 11.5 Å². The monoisotopic (exact) mass is 497 g/mol. The molecular weight excluding hydrogens is 478 g/mol. The summed E-state index contributed by atoms with van der Waals surface area (Å²) in [6.07, 6.45) is 1.70. The van der Waals surface area contributed by atoms with Gasteiger partial charge in [-0.1, -0.05) is 78.6 Å². The minimum atomic E-state index is -4.01. The van der Waals surface area contributed by atoms with Gasteiger partial charge in [-0.25, -0.2) is 0 Å². The molecule has 1 heterocycles. The number of carbonyl (C=O) groups excluding carboxylic acids is 1. The van der Waals surface area contributed by atoms with Crippen molar-refractivity contribution >= 4 is 50.4 Å². The van der Waals surface area contributed by atoms with Crippen molar-refractivity contribution in [3.8, 4) is 11.5 Å². The molecule has 0 atom stereocenters. The van der Waals surface area contributed by atoms with Crippen LogP contribution in [-0.4, -0.2) is 30.7 Å². The Kier molecular flexibility index (Phi) is 6.83. The van der Waals surface area contributed by atoms with Crippen molar-refractivity contribution < 1.29 is 22.1 Å². The minimum absolute atomic E-state index is 0.0400. The van der Waals surface area contributed by atoms with Gasteiger partial charge in [0.05, 0.1) is 18.6 Å². The lowest BCUT2D eigenvalue weighted by Crippen LogP contribution is -2.27. The summed E-state index contributed by atoms with van der Waals surface area (Å²) in [5.41, 5.74) is 1.63. The fourth-order valence-corrected chi connectivity index (χ4v) is 5.37. The number of amides is 1. The number of carbonyl (C=O) groups is 1. The summed E-state index contributed by atoms with van der Waals surface area (Å²) in [4.78, 5) is 15.0. The highest BCUT2D eigenvalue weighted by molar-refractivity contribution is 8.26. The molecule has 4 rings (SSSR count). The van der Waals surface area contributed by atoms with Crippen LogP contribution in [0.5, 0.6) is 11.5 Å². The first-order valence-corrected chi connectivity index (χ1v) is 12.5. The van der Waals surface area contributed by atoms with Crippen LogP contribution in [0.25, 0.3) is 6.08 Å². The first-order valence-electron chi connectivity index (χ1n) is 9.84. The number of thioether (sulfide) groups is 1. The van der Waals surface area contributed by atoms with Crippen LogP contribution in [0.2, 0.25) is 0 Å². The van der Waals surface area contributed by atoms with E-state index in [0.29, 0.717) is 21.3 Å². The molecule has 0 unspecified atom stereocenters. The van der Waals surface area contributed by atoms with Gasteiger partial charge in [0, 0.05) is 0 Å². The zero-order valence-electron chi connectivity index (χ0n) is 17.5. The predicted octanol–water partition coefficient (Wildman–Crippen LogP) is 4.86. The van der Waals surface area contributed by atoms with Gasteiger partial charge >= 0.3 is 10.1 Å². The maximum Gasteiger partial charge on any atom is 0.339 e. The number of hydrogen-bond donors (Lipinski definition) is 0. The van der Waals surface area contributed by atoms with Gasteiger partial charge in [-0.15, -0.1) is 0 Å². The number of rotatable bonds is 7. The largest absolute Gasteiger partial charge is 0.493 e. The lowest BCUT2D eigenvalue weighted by atomic mass is 10.1. The third kappa shape index (κ3) is 5.27. The van der Waals surface area contributed by atoms with Crippen molar-refractivity contribution in [1.29, 1.82) is 0 Å². The second-order valence-corrected chi connectivity index (χ2v) is 10.2. The topological polar surface area (TPSA) is 72.9 Å². The minimum Gasteiger partial charge on any atom is -0.493 e. The first kappa shape index (κ1) is 23.0. The number of thiocarbonyl (C=S) groups is 1. The second kappa shape index (κ2) is 9.78. The summed E-state index contributed by atoms with van der Waals surface area (Å²) in [6, 6.07) is 22.2. The molecule has 1 aliphatic rings. The lowest BCUT2D eigenvalue weighted by Gasteiger charge is -2.14. The molecule has 1 fully saturated rings. The molecule has 1 saturated heterocycles. The lowest BCUT2D eigenvalue weighted by molar-refractivity contribution is -0.122. The first-order chi connectivity index (χ1) is 15.9. The van der Waals surface area contributed by atoms with Crippen LogP contribution < -0.4 is 8.92 Å². The average molecular weight is 498 g/mol. The van der Waals surface area contributed by atoms with Crippen molar-refractivity contribution in [3.05, 3.63) is 94.9 Å². The Balaban J connectivity index is 1.55. The molecule has 0 bridgehead atoms. The van der Waals surface area contributed by atoms with Gasteiger partial charge in [-0.3, -0.25) is 9.69 Å². The zero-order chi connectivity index (χ0) is 23.4. The number of benzene rings is 3. The van der Waals surface area contributed by atoms with Crippen LogP contribution in [0.3, 0.4) is 0 Å². The van der Waals surface area contributed by atoms with E-state index < -0.39 is 10.1 Å². The van der Waals surface area contributed by atoms with E-state index in [9.17, 15) is 13.2 Å². The molecule has 168 valence electrons. The molecule has 1 amide bonds. The maximum absolute atomic E-state index is 12.9. The highest BCUT2D eigenvalue weighted by Crippen LogP contribution is 2.36. The summed E-state index contributed by atoms with van der Waals surface area (Å²) in [6.45, 7) is 0.399. The van der Waals surface area contributed by atoms with Gasteiger partial charge in [0.25, 0.3) is 5.91 Å². The van der Waals surface area contributed by atoms with Crippen LogP contribution in [0.15, 0.2) is 88.7 Å². The molecule has 0 aromatic heterocycles. The molecule has 1 aliphatic heterocycles. The van der Waals surface area contributed by atoms with E-state index in [1.807, 2.05) is 30.3 Å². The third-order valence-corrected chi connectivity index (χ3v) is 7.40. The summed E-state index contributed by atoms with van der Waals surface area (Å²) >= 11 is 6.62. The molecule has 0 radical (unpaired) electrons. The van der Waals surface area contributed by atoms with Gasteiger partial charge in [-0.05, 0) is 41.5 Å². The van der Waals surface area contributed by atoms with E-state index >= 15 is 0 Å². The van der Waals surface area contributed by atoms with E-state index in [0.717, 1.165) is 5.56 Å². The molecule has 6 nitrogen and oxygen atoms in total. The third-order valence-electron chi connectivity index (χ3n) is 4.77. The molecule has 0 saturated carbocycles. The highest BCUT2D eigenvalue weighted by atomic mass is 32.2. The molecule has 0 spiro atoms. The fourth-order valence-electron chi connectivity index (χ4n) is 3.15. The quantitative estimate of drug-likeness (QED) is 0.262. The van der Waals surface area contributed by atoms with E-state index in [-0.39, 0.29) is 22.3 Å². The SMILES string of the molecule is COc1cc(/C=C2\SC(=S)N(Cc3ccccc3)C2=O)ccc1OS(=O)(=O)c1ccccc1. The summed E-state index contributed by atoms with van der Waals surface area (Å²) in [7, 11) is -2.59. The normalized spacial score (nSPS) is 15.2. The van der Waals surface area contributed by atoms with Crippen molar-refractivity contribution in [2.75, 3.05) is 7.11 Å².